The number of carbonyl (C=O) groups excluding carboxylic acids is 2. The molecule has 0 spiro atoms. The van der Waals surface area contributed by atoms with Gasteiger partial charge in [0.2, 0.25) is 5.79 Å². The van der Waals surface area contributed by atoms with Crippen molar-refractivity contribution in [1.29, 1.82) is 0 Å². The van der Waals surface area contributed by atoms with Crippen LogP contribution in [0.15, 0.2) is 65.7 Å². The number of aryl methyl sites for hydroxylation is 1. The number of fused-ring (bicyclic) bond motifs is 3. The van der Waals surface area contributed by atoms with Gasteiger partial charge in [-0.1, -0.05) is 43.2 Å². The van der Waals surface area contributed by atoms with Gasteiger partial charge in [-0.05, 0) is 50.3 Å². The molecule has 1 aliphatic carbocycles. The third kappa shape index (κ3) is 7.38. The van der Waals surface area contributed by atoms with E-state index in [0.717, 1.165) is 5.57 Å². The van der Waals surface area contributed by atoms with Crippen molar-refractivity contribution in [3.8, 4) is 0 Å². The molecule has 0 unspecified atom stereocenters. The predicted molar refractivity (Wildman–Crippen MR) is 170 cm³/mol. The van der Waals surface area contributed by atoms with E-state index in [4.69, 9.17) is 28.4 Å². The number of nitrogens with zero attached hydrogens (tertiary/aromatic N) is 2. The van der Waals surface area contributed by atoms with Crippen molar-refractivity contribution in [1.82, 2.24) is 9.55 Å². The first kappa shape index (κ1) is 34.9. The zero-order valence-corrected chi connectivity index (χ0v) is 28.0. The van der Waals surface area contributed by atoms with Crippen LogP contribution in [0.2, 0.25) is 0 Å². The number of hydrogen-bond acceptors (Lipinski definition) is 11. The van der Waals surface area contributed by atoms with E-state index in [0.29, 0.717) is 17.7 Å². The van der Waals surface area contributed by atoms with Crippen molar-refractivity contribution in [2.24, 2.45) is 24.8 Å². The first-order valence-electron chi connectivity index (χ1n) is 15.9. The highest BCUT2D eigenvalue weighted by Gasteiger charge is 2.53. The Kier molecular flexibility index (Phi) is 10.4. The molecule has 4 aliphatic rings. The monoisotopic (exact) mass is 654 g/mol. The molecule has 9 atom stereocenters. The number of aromatic nitrogens is 2. The fraction of sp³-hybridized carbons (Fsp3) is 0.571. The smallest absolute Gasteiger partial charge is 0.331 e. The highest BCUT2D eigenvalue weighted by molar-refractivity contribution is 5.86. The average molecular weight is 655 g/mol. The van der Waals surface area contributed by atoms with Crippen molar-refractivity contribution >= 4 is 18.0 Å². The van der Waals surface area contributed by atoms with Gasteiger partial charge in [0.15, 0.2) is 12.4 Å². The Labute approximate surface area is 275 Å². The van der Waals surface area contributed by atoms with Crippen molar-refractivity contribution in [3.05, 3.63) is 71.4 Å². The highest BCUT2D eigenvalue weighted by atomic mass is 16.7. The molecule has 0 aromatic carbocycles. The minimum Gasteiger partial charge on any atom is -0.456 e. The standard InChI is InChI=1S/C35H46N2O10/c1-20(2)25-10-8-21(3)26-15-29(46-30(40)11-9-24-16-37(6)19-36-24)34(5)12-13-35(42-7,47-34)23(14-27(25)26)17-43-33-32(45-22(4)38)31(41)28(39)18-44-33/h8-14,16,19-20,26-29,31-33,39,41H,15,17-18H2,1-7H3/b11-9+,23-14-/t26-,27+,28+,29-,31+,32-,33+,34-,35+/m0/s1. The number of carbonyl (C=O) groups is 2. The van der Waals surface area contributed by atoms with Gasteiger partial charge in [0.05, 0.1) is 25.2 Å². The van der Waals surface area contributed by atoms with Crippen LogP contribution >= 0.6 is 0 Å². The van der Waals surface area contributed by atoms with Gasteiger partial charge in [0.1, 0.15) is 23.9 Å². The first-order chi connectivity index (χ1) is 22.2. The Bertz CT molecular complexity index is 1490. The minimum atomic E-state index is -1.40. The number of allylic oxidation sites excluding steroid dienone is 5. The lowest BCUT2D eigenvalue weighted by atomic mass is 9.70. The maximum absolute atomic E-state index is 13.3. The molecular formula is C35H46N2O10. The van der Waals surface area contributed by atoms with Crippen LogP contribution in [-0.2, 0) is 45.1 Å². The predicted octanol–water partition coefficient (Wildman–Crippen LogP) is 3.16. The molecule has 1 fully saturated rings. The molecule has 2 N–H and O–H groups in total. The molecule has 1 saturated heterocycles. The summed E-state index contributed by atoms with van der Waals surface area (Å²) >= 11 is 0. The number of hydrogen-bond donors (Lipinski definition) is 2. The fourth-order valence-electron chi connectivity index (χ4n) is 6.72. The second kappa shape index (κ2) is 14.0. The number of ether oxygens (including phenoxy) is 6. The van der Waals surface area contributed by atoms with Crippen LogP contribution in [0, 0.1) is 17.8 Å². The normalized spacial score (nSPS) is 36.5. The Morgan fingerprint density at radius 3 is 2.64 bits per heavy atom. The van der Waals surface area contributed by atoms with E-state index in [1.165, 1.54) is 25.7 Å². The quantitative estimate of drug-likeness (QED) is 0.230. The number of methoxy groups -OCH3 is 1. The summed E-state index contributed by atoms with van der Waals surface area (Å²) in [6, 6.07) is 0. The SMILES string of the molecule is CO[C@]12C=C[C@](C)(O1)[C@@H](OC(=O)/C=C/c1cn(C)cn1)C[C@H]1C(C)=CC=C(C(C)C)[C@H]1/C=C\2CO[C@@H]1OC[C@@H](O)[C@@H](O)[C@@H]1OC(C)=O. The van der Waals surface area contributed by atoms with Crippen molar-refractivity contribution in [2.75, 3.05) is 20.3 Å². The van der Waals surface area contributed by atoms with Gasteiger partial charge in [-0.2, -0.15) is 0 Å². The largest absolute Gasteiger partial charge is 0.456 e. The number of aliphatic hydroxyl groups excluding tert-OH is 2. The third-order valence-electron chi connectivity index (χ3n) is 9.36. The number of rotatable bonds is 9. The summed E-state index contributed by atoms with van der Waals surface area (Å²) in [6.45, 7) is 9.12. The van der Waals surface area contributed by atoms with E-state index >= 15 is 0 Å². The topological polar surface area (TPSA) is 148 Å². The van der Waals surface area contributed by atoms with E-state index in [1.54, 1.807) is 29.2 Å². The van der Waals surface area contributed by atoms with E-state index in [1.807, 2.05) is 20.0 Å². The zero-order valence-electron chi connectivity index (χ0n) is 28.0. The number of imidazole rings is 1. The molecule has 12 heteroatoms. The van der Waals surface area contributed by atoms with Crippen LogP contribution in [0.5, 0.6) is 0 Å². The molecule has 4 heterocycles. The average Bonchev–Trinajstić information content (AvgIpc) is 3.61. The van der Waals surface area contributed by atoms with Gasteiger partial charge in [-0.25, -0.2) is 9.78 Å². The Hall–Kier alpha value is -3.39. The van der Waals surface area contributed by atoms with Gasteiger partial charge >= 0.3 is 11.9 Å². The molecule has 2 bridgehead atoms. The van der Waals surface area contributed by atoms with Gasteiger partial charge < -0.3 is 43.2 Å². The maximum Gasteiger partial charge on any atom is 0.331 e. The summed E-state index contributed by atoms with van der Waals surface area (Å²) in [5.41, 5.74) is 2.47. The minimum absolute atomic E-state index is 0.0521. The van der Waals surface area contributed by atoms with Crippen LogP contribution in [-0.4, -0.2) is 94.1 Å². The molecule has 12 nitrogen and oxygen atoms in total. The Morgan fingerprint density at radius 1 is 1.21 bits per heavy atom. The molecular weight excluding hydrogens is 608 g/mol. The van der Waals surface area contributed by atoms with Gasteiger partial charge in [-0.15, -0.1) is 0 Å². The summed E-state index contributed by atoms with van der Waals surface area (Å²) in [7, 11) is 3.38. The first-order valence-corrected chi connectivity index (χ1v) is 15.9. The van der Waals surface area contributed by atoms with Crippen LogP contribution < -0.4 is 0 Å². The highest BCUT2D eigenvalue weighted by Crippen LogP contribution is 2.48. The van der Waals surface area contributed by atoms with Crippen LogP contribution in [0.3, 0.4) is 0 Å². The zero-order chi connectivity index (χ0) is 34.1. The third-order valence-corrected chi connectivity index (χ3v) is 9.36. The van der Waals surface area contributed by atoms with E-state index in [-0.39, 0.29) is 31.0 Å². The number of aliphatic hydroxyl groups is 2. The summed E-state index contributed by atoms with van der Waals surface area (Å²) in [5, 5.41) is 20.8. The van der Waals surface area contributed by atoms with Gasteiger partial charge in [0.25, 0.3) is 0 Å². The molecule has 47 heavy (non-hydrogen) atoms. The molecule has 5 rings (SSSR count). The molecule has 256 valence electrons. The molecule has 1 aromatic rings. The Morgan fingerprint density at radius 2 is 1.98 bits per heavy atom. The summed E-state index contributed by atoms with van der Waals surface area (Å²) in [6.07, 6.45) is 11.1. The molecule has 3 aliphatic heterocycles. The summed E-state index contributed by atoms with van der Waals surface area (Å²) < 4.78 is 38.0. The number of esters is 2. The lowest BCUT2D eigenvalue weighted by molar-refractivity contribution is -0.277. The second-order valence-electron chi connectivity index (χ2n) is 13.2. The van der Waals surface area contributed by atoms with Crippen molar-refractivity contribution in [2.45, 2.75) is 83.1 Å². The van der Waals surface area contributed by atoms with E-state index in [9.17, 15) is 19.8 Å². The molecule has 0 amide bonds. The van der Waals surface area contributed by atoms with E-state index < -0.39 is 54.0 Å². The second-order valence-corrected chi connectivity index (χ2v) is 13.2. The van der Waals surface area contributed by atoms with Crippen molar-refractivity contribution in [3.63, 3.8) is 0 Å². The van der Waals surface area contributed by atoms with Gasteiger partial charge in [0, 0.05) is 44.8 Å². The van der Waals surface area contributed by atoms with Crippen LogP contribution in [0.4, 0.5) is 0 Å². The molecule has 0 saturated carbocycles. The summed E-state index contributed by atoms with van der Waals surface area (Å²) in [5.74, 6) is -2.56. The van der Waals surface area contributed by atoms with Gasteiger partial charge in [-0.3, -0.25) is 4.79 Å². The maximum atomic E-state index is 13.3. The molecule has 0 radical (unpaired) electrons. The van der Waals surface area contributed by atoms with Crippen LogP contribution in [0.25, 0.3) is 6.08 Å². The van der Waals surface area contributed by atoms with Crippen molar-refractivity contribution < 1.29 is 48.2 Å². The lowest BCUT2D eigenvalue weighted by Crippen LogP contribution is -2.55. The van der Waals surface area contributed by atoms with E-state index in [2.05, 4.69) is 44.0 Å². The van der Waals surface area contributed by atoms with Crippen LogP contribution in [0.1, 0.15) is 46.7 Å². The fourth-order valence-corrected chi connectivity index (χ4v) is 6.72. The molecule has 1 aromatic heterocycles. The summed E-state index contributed by atoms with van der Waals surface area (Å²) in [4.78, 5) is 29.3. The Balaban J connectivity index is 1.49. The lowest BCUT2D eigenvalue weighted by Gasteiger charge is -2.39.